The molecular weight excluding hydrogens is 298 g/mol. The summed E-state index contributed by atoms with van der Waals surface area (Å²) in [6.45, 7) is 1.62. The number of rotatable bonds is 3. The number of aromatic hydroxyl groups is 1. The van der Waals surface area contributed by atoms with Crippen molar-refractivity contribution in [3.05, 3.63) is 52.8 Å². The van der Waals surface area contributed by atoms with E-state index in [4.69, 9.17) is 5.26 Å². The second-order valence-electron chi connectivity index (χ2n) is 4.59. The number of benzene rings is 1. The molecule has 0 aliphatic carbocycles. The molecular formula is C16H13N3O4. The highest BCUT2D eigenvalue weighted by atomic mass is 16.5. The summed E-state index contributed by atoms with van der Waals surface area (Å²) in [6.07, 6.45) is 0. The van der Waals surface area contributed by atoms with Gasteiger partial charge in [0.05, 0.1) is 24.1 Å². The average Bonchev–Trinajstić information content (AvgIpc) is 2.55. The molecule has 7 heteroatoms. The van der Waals surface area contributed by atoms with Crippen LogP contribution in [0.3, 0.4) is 0 Å². The molecule has 2 aromatic rings. The summed E-state index contributed by atoms with van der Waals surface area (Å²) in [4.78, 5) is 27.7. The van der Waals surface area contributed by atoms with E-state index in [2.05, 4.69) is 15.0 Å². The molecule has 2 N–H and O–H groups in total. The van der Waals surface area contributed by atoms with Crippen LogP contribution < -0.4 is 5.32 Å². The second-order valence-corrected chi connectivity index (χ2v) is 4.59. The van der Waals surface area contributed by atoms with Crippen molar-refractivity contribution in [1.82, 2.24) is 4.98 Å². The number of phenolic OH excluding ortho intramolecular Hbond substituents is 1. The normalized spacial score (nSPS) is 9.78. The van der Waals surface area contributed by atoms with Crippen molar-refractivity contribution in [2.24, 2.45) is 0 Å². The first kappa shape index (κ1) is 16.0. The van der Waals surface area contributed by atoms with Gasteiger partial charge < -0.3 is 15.2 Å². The highest BCUT2D eigenvalue weighted by Gasteiger charge is 2.17. The Kier molecular flexibility index (Phi) is 4.57. The van der Waals surface area contributed by atoms with Gasteiger partial charge in [-0.15, -0.1) is 0 Å². The van der Waals surface area contributed by atoms with Crippen LogP contribution in [0.1, 0.15) is 32.1 Å². The van der Waals surface area contributed by atoms with Gasteiger partial charge in [0, 0.05) is 0 Å². The molecule has 0 atom stereocenters. The molecule has 0 radical (unpaired) electrons. The number of carbonyl (C=O) groups excluding carboxylic acids is 2. The SMILES string of the molecule is COC(=O)c1cccc(NC(=O)c2ccc(C#N)c(C)n2)c1O. The number of esters is 1. The Morgan fingerprint density at radius 2 is 2.04 bits per heavy atom. The largest absolute Gasteiger partial charge is 0.505 e. The minimum atomic E-state index is -0.717. The number of carbonyl (C=O) groups is 2. The van der Waals surface area contributed by atoms with Crippen LogP contribution in [-0.2, 0) is 4.74 Å². The molecule has 0 unspecified atom stereocenters. The van der Waals surface area contributed by atoms with Crippen LogP contribution in [0.2, 0.25) is 0 Å². The number of amides is 1. The molecule has 116 valence electrons. The summed E-state index contributed by atoms with van der Waals surface area (Å²) in [5.41, 5.74) is 0.880. The van der Waals surface area contributed by atoms with E-state index in [9.17, 15) is 14.7 Å². The quantitative estimate of drug-likeness (QED) is 0.662. The minimum absolute atomic E-state index is 0.0571. The van der Waals surface area contributed by atoms with Crippen molar-refractivity contribution in [3.63, 3.8) is 0 Å². The minimum Gasteiger partial charge on any atom is -0.505 e. The van der Waals surface area contributed by atoms with Crippen molar-refractivity contribution in [2.75, 3.05) is 12.4 Å². The third-order valence-electron chi connectivity index (χ3n) is 3.13. The first-order valence-corrected chi connectivity index (χ1v) is 6.57. The van der Waals surface area contributed by atoms with Crippen molar-refractivity contribution in [2.45, 2.75) is 6.92 Å². The summed E-state index contributed by atoms with van der Waals surface area (Å²) < 4.78 is 4.55. The Balaban J connectivity index is 2.29. The molecule has 0 saturated heterocycles. The molecule has 2 rings (SSSR count). The zero-order chi connectivity index (χ0) is 17.0. The topological polar surface area (TPSA) is 112 Å². The lowest BCUT2D eigenvalue weighted by Crippen LogP contribution is -2.15. The second kappa shape index (κ2) is 6.58. The van der Waals surface area contributed by atoms with Crippen LogP contribution in [0.4, 0.5) is 5.69 Å². The highest BCUT2D eigenvalue weighted by Crippen LogP contribution is 2.28. The zero-order valence-electron chi connectivity index (χ0n) is 12.5. The number of anilines is 1. The molecule has 0 saturated carbocycles. The lowest BCUT2D eigenvalue weighted by atomic mass is 10.1. The molecule has 0 fully saturated rings. The van der Waals surface area contributed by atoms with Crippen LogP contribution in [0.5, 0.6) is 5.75 Å². The van der Waals surface area contributed by atoms with E-state index in [0.717, 1.165) is 0 Å². The van der Waals surface area contributed by atoms with E-state index < -0.39 is 17.6 Å². The summed E-state index contributed by atoms with van der Waals surface area (Å²) in [6, 6.07) is 9.17. The van der Waals surface area contributed by atoms with Gasteiger partial charge in [-0.2, -0.15) is 5.26 Å². The molecule has 1 heterocycles. The Labute approximate surface area is 132 Å². The van der Waals surface area contributed by atoms with Gasteiger partial charge in [0.2, 0.25) is 0 Å². The number of aromatic nitrogens is 1. The fourth-order valence-electron chi connectivity index (χ4n) is 1.91. The van der Waals surface area contributed by atoms with E-state index in [-0.39, 0.29) is 16.9 Å². The zero-order valence-corrected chi connectivity index (χ0v) is 12.5. The standard InChI is InChI=1S/C16H13N3O4/c1-9-10(8-17)6-7-13(18-9)15(21)19-12-5-3-4-11(14(12)20)16(22)23-2/h3-7,20H,1-2H3,(H,19,21). The Bertz CT molecular complexity index is 825. The average molecular weight is 311 g/mol. The number of pyridine rings is 1. The third-order valence-corrected chi connectivity index (χ3v) is 3.13. The van der Waals surface area contributed by atoms with E-state index in [1.165, 1.54) is 37.4 Å². The van der Waals surface area contributed by atoms with Crippen LogP contribution in [0.15, 0.2) is 30.3 Å². The number of para-hydroxylation sites is 1. The molecule has 1 aromatic heterocycles. The number of aryl methyl sites for hydroxylation is 1. The predicted octanol–water partition coefficient (Wildman–Crippen LogP) is 2.01. The number of hydrogen-bond donors (Lipinski definition) is 2. The van der Waals surface area contributed by atoms with Crippen molar-refractivity contribution >= 4 is 17.6 Å². The Morgan fingerprint density at radius 1 is 1.30 bits per heavy atom. The van der Waals surface area contributed by atoms with Gasteiger partial charge in [0.1, 0.15) is 17.3 Å². The molecule has 0 aliphatic rings. The van der Waals surface area contributed by atoms with Gasteiger partial charge in [0.25, 0.3) is 5.91 Å². The van der Waals surface area contributed by atoms with Crippen LogP contribution in [0, 0.1) is 18.3 Å². The molecule has 1 aromatic carbocycles. The number of nitrogens with zero attached hydrogens (tertiary/aromatic N) is 2. The predicted molar refractivity (Wildman–Crippen MR) is 81.1 cm³/mol. The van der Waals surface area contributed by atoms with Gasteiger partial charge in [-0.3, -0.25) is 4.79 Å². The van der Waals surface area contributed by atoms with Crippen molar-refractivity contribution in [3.8, 4) is 11.8 Å². The highest BCUT2D eigenvalue weighted by molar-refractivity contribution is 6.05. The maximum atomic E-state index is 12.2. The van der Waals surface area contributed by atoms with Crippen molar-refractivity contribution in [1.29, 1.82) is 5.26 Å². The van der Waals surface area contributed by atoms with Crippen LogP contribution in [0.25, 0.3) is 0 Å². The summed E-state index contributed by atoms with van der Waals surface area (Å²) >= 11 is 0. The first-order chi connectivity index (χ1) is 11.0. The summed E-state index contributed by atoms with van der Waals surface area (Å²) in [5, 5.41) is 21.4. The number of nitrogens with one attached hydrogen (secondary N) is 1. The van der Waals surface area contributed by atoms with Gasteiger partial charge in [-0.05, 0) is 31.2 Å². The van der Waals surface area contributed by atoms with Gasteiger partial charge in [0.15, 0.2) is 5.75 Å². The first-order valence-electron chi connectivity index (χ1n) is 6.57. The number of methoxy groups -OCH3 is 1. The lowest BCUT2D eigenvalue weighted by molar-refractivity contribution is 0.0597. The van der Waals surface area contributed by atoms with Crippen LogP contribution >= 0.6 is 0 Å². The molecule has 23 heavy (non-hydrogen) atoms. The van der Waals surface area contributed by atoms with E-state index in [1.54, 1.807) is 6.92 Å². The summed E-state index contributed by atoms with van der Waals surface area (Å²) in [5.74, 6) is -1.68. The number of nitriles is 1. The van der Waals surface area contributed by atoms with E-state index in [0.29, 0.717) is 11.3 Å². The number of ether oxygens (including phenoxy) is 1. The monoisotopic (exact) mass is 311 g/mol. The number of phenols is 1. The van der Waals surface area contributed by atoms with Crippen LogP contribution in [-0.4, -0.2) is 29.1 Å². The molecule has 0 aliphatic heterocycles. The third kappa shape index (κ3) is 3.27. The van der Waals surface area contributed by atoms with Gasteiger partial charge >= 0.3 is 5.97 Å². The van der Waals surface area contributed by atoms with Gasteiger partial charge in [-0.25, -0.2) is 9.78 Å². The number of hydrogen-bond acceptors (Lipinski definition) is 6. The maximum Gasteiger partial charge on any atom is 0.341 e. The molecule has 7 nitrogen and oxygen atoms in total. The molecule has 1 amide bonds. The lowest BCUT2D eigenvalue weighted by Gasteiger charge is -2.10. The molecule has 0 bridgehead atoms. The molecule has 0 spiro atoms. The fourth-order valence-corrected chi connectivity index (χ4v) is 1.91. The van der Waals surface area contributed by atoms with Gasteiger partial charge in [-0.1, -0.05) is 6.07 Å². The summed E-state index contributed by atoms with van der Waals surface area (Å²) in [7, 11) is 1.19. The smallest absolute Gasteiger partial charge is 0.341 e. The Hall–Kier alpha value is -3.40. The van der Waals surface area contributed by atoms with E-state index in [1.807, 2.05) is 6.07 Å². The van der Waals surface area contributed by atoms with Crippen molar-refractivity contribution < 1.29 is 19.4 Å². The van der Waals surface area contributed by atoms with E-state index >= 15 is 0 Å². The Morgan fingerprint density at radius 3 is 2.65 bits per heavy atom. The maximum absolute atomic E-state index is 12.2. The fraction of sp³-hybridized carbons (Fsp3) is 0.125.